The fraction of sp³-hybridized carbons (Fsp3) is 1.00. The van der Waals surface area contributed by atoms with Gasteiger partial charge in [-0.2, -0.15) is 8.42 Å². The van der Waals surface area contributed by atoms with Crippen molar-refractivity contribution in [2.24, 2.45) is 0 Å². The van der Waals surface area contributed by atoms with E-state index in [-0.39, 0.29) is 6.10 Å². The standard InChI is InChI=1S/C17H36O4S/c1-3-4-5-6-7-8-11-14-17(18)15-12-9-10-13-16(2)22(19,20)21/h16-18H,3-15H2,1-2H3,(H,19,20,21). The van der Waals surface area contributed by atoms with Crippen molar-refractivity contribution in [1.82, 2.24) is 0 Å². The largest absolute Gasteiger partial charge is 0.393 e. The quantitative estimate of drug-likeness (QED) is 0.335. The Hall–Kier alpha value is -0.130. The molecule has 0 aliphatic heterocycles. The van der Waals surface area contributed by atoms with Crippen molar-refractivity contribution in [1.29, 1.82) is 0 Å². The number of aliphatic hydroxyl groups is 1. The molecule has 22 heavy (non-hydrogen) atoms. The van der Waals surface area contributed by atoms with Crippen LogP contribution in [0, 0.1) is 0 Å². The molecule has 0 saturated carbocycles. The summed E-state index contributed by atoms with van der Waals surface area (Å²) < 4.78 is 30.5. The Kier molecular flexibility index (Phi) is 13.2. The van der Waals surface area contributed by atoms with Gasteiger partial charge in [-0.25, -0.2) is 0 Å². The molecule has 0 saturated heterocycles. The monoisotopic (exact) mass is 336 g/mol. The molecule has 0 aliphatic carbocycles. The minimum Gasteiger partial charge on any atom is -0.393 e. The zero-order valence-electron chi connectivity index (χ0n) is 14.5. The van der Waals surface area contributed by atoms with Crippen molar-refractivity contribution in [2.75, 3.05) is 0 Å². The molecule has 0 spiro atoms. The maximum atomic E-state index is 10.8. The normalized spacial score (nSPS) is 14.9. The fourth-order valence-electron chi connectivity index (χ4n) is 2.62. The van der Waals surface area contributed by atoms with Crippen molar-refractivity contribution >= 4 is 10.1 Å². The molecule has 0 aliphatic rings. The summed E-state index contributed by atoms with van der Waals surface area (Å²) in [6, 6.07) is 0. The minimum absolute atomic E-state index is 0.213. The van der Waals surface area contributed by atoms with Gasteiger partial charge >= 0.3 is 0 Å². The lowest BCUT2D eigenvalue weighted by molar-refractivity contribution is 0.147. The Morgan fingerprint density at radius 3 is 1.68 bits per heavy atom. The van der Waals surface area contributed by atoms with Crippen LogP contribution in [0.5, 0.6) is 0 Å². The molecule has 0 fully saturated rings. The maximum Gasteiger partial charge on any atom is 0.267 e. The topological polar surface area (TPSA) is 74.6 Å². The van der Waals surface area contributed by atoms with Crippen LogP contribution in [0.4, 0.5) is 0 Å². The number of hydrogen-bond donors (Lipinski definition) is 2. The summed E-state index contributed by atoms with van der Waals surface area (Å²) in [5.41, 5.74) is 0. The van der Waals surface area contributed by atoms with Crippen LogP contribution in [-0.2, 0) is 10.1 Å². The van der Waals surface area contributed by atoms with Gasteiger partial charge in [0.05, 0.1) is 11.4 Å². The first-order chi connectivity index (χ1) is 10.4. The van der Waals surface area contributed by atoms with Gasteiger partial charge in [0.1, 0.15) is 0 Å². The second-order valence-corrected chi connectivity index (χ2v) is 8.36. The molecule has 2 N–H and O–H groups in total. The van der Waals surface area contributed by atoms with E-state index in [1.54, 1.807) is 0 Å². The Labute approximate surface area is 137 Å². The Morgan fingerprint density at radius 1 is 0.773 bits per heavy atom. The zero-order valence-corrected chi connectivity index (χ0v) is 15.3. The summed E-state index contributed by atoms with van der Waals surface area (Å²) in [6.07, 6.45) is 13.4. The Morgan fingerprint density at radius 2 is 1.18 bits per heavy atom. The fourth-order valence-corrected chi connectivity index (χ4v) is 3.08. The van der Waals surface area contributed by atoms with Crippen LogP contribution in [-0.4, -0.2) is 29.4 Å². The van der Waals surface area contributed by atoms with E-state index in [1.807, 2.05) is 0 Å². The summed E-state index contributed by atoms with van der Waals surface area (Å²) in [7, 11) is -3.88. The van der Waals surface area contributed by atoms with E-state index in [0.29, 0.717) is 6.42 Å². The predicted octanol–water partition coefficient (Wildman–Crippen LogP) is 4.71. The van der Waals surface area contributed by atoms with Crippen LogP contribution in [0.15, 0.2) is 0 Å². The third-order valence-electron chi connectivity index (χ3n) is 4.30. The van der Waals surface area contributed by atoms with E-state index in [0.717, 1.165) is 38.5 Å². The molecule has 134 valence electrons. The second-order valence-electron chi connectivity index (χ2n) is 6.53. The van der Waals surface area contributed by atoms with Gasteiger partial charge in [-0.3, -0.25) is 4.55 Å². The van der Waals surface area contributed by atoms with E-state index in [2.05, 4.69) is 6.92 Å². The van der Waals surface area contributed by atoms with Crippen molar-refractivity contribution in [3.05, 3.63) is 0 Å². The summed E-state index contributed by atoms with van der Waals surface area (Å²) >= 11 is 0. The molecule has 0 heterocycles. The third kappa shape index (κ3) is 13.5. The summed E-state index contributed by atoms with van der Waals surface area (Å²) in [4.78, 5) is 0. The van der Waals surface area contributed by atoms with Gasteiger partial charge in [0, 0.05) is 0 Å². The van der Waals surface area contributed by atoms with Crippen LogP contribution >= 0.6 is 0 Å². The van der Waals surface area contributed by atoms with Gasteiger partial charge in [-0.05, 0) is 26.2 Å². The first kappa shape index (κ1) is 21.9. The number of rotatable bonds is 15. The minimum atomic E-state index is -3.88. The molecule has 0 amide bonds. The lowest BCUT2D eigenvalue weighted by Gasteiger charge is -2.11. The average molecular weight is 337 g/mol. The van der Waals surface area contributed by atoms with Crippen LogP contribution in [0.25, 0.3) is 0 Å². The van der Waals surface area contributed by atoms with Crippen LogP contribution in [0.1, 0.15) is 97.3 Å². The van der Waals surface area contributed by atoms with Gasteiger partial charge in [0.15, 0.2) is 0 Å². The van der Waals surface area contributed by atoms with E-state index >= 15 is 0 Å². The second kappa shape index (κ2) is 13.3. The molecular weight excluding hydrogens is 300 g/mol. The Balaban J connectivity index is 3.38. The highest BCUT2D eigenvalue weighted by Crippen LogP contribution is 2.15. The molecule has 5 heteroatoms. The van der Waals surface area contributed by atoms with Gasteiger partial charge in [0.2, 0.25) is 0 Å². The van der Waals surface area contributed by atoms with E-state index < -0.39 is 15.4 Å². The van der Waals surface area contributed by atoms with Crippen molar-refractivity contribution in [3.8, 4) is 0 Å². The first-order valence-electron chi connectivity index (χ1n) is 9.02. The molecule has 4 nitrogen and oxygen atoms in total. The van der Waals surface area contributed by atoms with Gasteiger partial charge in [0.25, 0.3) is 10.1 Å². The predicted molar refractivity (Wildman–Crippen MR) is 92.7 cm³/mol. The van der Waals surface area contributed by atoms with Gasteiger partial charge in [-0.1, -0.05) is 71.1 Å². The number of hydrogen-bond acceptors (Lipinski definition) is 3. The highest BCUT2D eigenvalue weighted by atomic mass is 32.2. The molecule has 0 aromatic heterocycles. The van der Waals surface area contributed by atoms with E-state index in [1.165, 1.54) is 45.4 Å². The van der Waals surface area contributed by atoms with Crippen molar-refractivity contribution in [3.63, 3.8) is 0 Å². The SMILES string of the molecule is CCCCCCCCCC(O)CCCCCC(C)S(=O)(=O)O. The van der Waals surface area contributed by atoms with Gasteiger partial charge < -0.3 is 5.11 Å². The first-order valence-corrected chi connectivity index (χ1v) is 10.5. The maximum absolute atomic E-state index is 10.8. The van der Waals surface area contributed by atoms with E-state index in [4.69, 9.17) is 4.55 Å². The molecule has 0 bridgehead atoms. The number of unbranched alkanes of at least 4 members (excludes halogenated alkanes) is 8. The molecular formula is C17H36O4S. The molecule has 0 aromatic rings. The highest BCUT2D eigenvalue weighted by molar-refractivity contribution is 7.86. The van der Waals surface area contributed by atoms with Gasteiger partial charge in [-0.15, -0.1) is 0 Å². The summed E-state index contributed by atoms with van der Waals surface area (Å²) in [5.74, 6) is 0. The summed E-state index contributed by atoms with van der Waals surface area (Å²) in [5, 5.41) is 9.22. The molecule has 0 radical (unpaired) electrons. The third-order valence-corrected chi connectivity index (χ3v) is 5.55. The Bertz CT molecular complexity index is 341. The lowest BCUT2D eigenvalue weighted by Crippen LogP contribution is -2.16. The highest BCUT2D eigenvalue weighted by Gasteiger charge is 2.16. The average Bonchev–Trinajstić information content (AvgIpc) is 2.44. The van der Waals surface area contributed by atoms with Crippen LogP contribution in [0.3, 0.4) is 0 Å². The smallest absolute Gasteiger partial charge is 0.267 e. The molecule has 2 atom stereocenters. The molecule has 0 aromatic carbocycles. The molecule has 0 rings (SSSR count). The lowest BCUT2D eigenvalue weighted by atomic mass is 10.0. The van der Waals surface area contributed by atoms with Crippen LogP contribution in [0.2, 0.25) is 0 Å². The van der Waals surface area contributed by atoms with Crippen LogP contribution < -0.4 is 0 Å². The van der Waals surface area contributed by atoms with Crippen molar-refractivity contribution in [2.45, 2.75) is 109 Å². The van der Waals surface area contributed by atoms with Crippen molar-refractivity contribution < 1.29 is 18.1 Å². The number of aliphatic hydroxyl groups excluding tert-OH is 1. The van der Waals surface area contributed by atoms with E-state index in [9.17, 15) is 13.5 Å². The molecule has 2 unspecified atom stereocenters. The summed E-state index contributed by atoms with van der Waals surface area (Å²) in [6.45, 7) is 3.75. The zero-order chi connectivity index (χ0) is 16.8.